The number of fused-ring (bicyclic) bond motifs is 2. The molecule has 7 nitrogen and oxygen atoms in total. The smallest absolute Gasteiger partial charge is 0.454 e. The number of ether oxygens (including phenoxy) is 4. The minimum absolute atomic E-state index is 0.161. The zero-order valence-electron chi connectivity index (χ0n) is 13.1. The summed E-state index contributed by atoms with van der Waals surface area (Å²) < 4.78 is 25.3. The zero-order chi connectivity index (χ0) is 17.4. The summed E-state index contributed by atoms with van der Waals surface area (Å²) in [6.07, 6.45) is -0.848. The maximum atomic E-state index is 12.4. The van der Waals surface area contributed by atoms with Gasteiger partial charge in [-0.3, -0.25) is 0 Å². The molecule has 0 N–H and O–H groups in total. The average molecular weight is 340 g/mol. The molecule has 4 rings (SSSR count). The van der Waals surface area contributed by atoms with Gasteiger partial charge in [0.2, 0.25) is 6.79 Å². The van der Waals surface area contributed by atoms with Crippen LogP contribution in [0.1, 0.15) is 0 Å². The first kappa shape index (κ1) is 15.1. The van der Waals surface area contributed by atoms with E-state index in [9.17, 15) is 9.59 Å². The maximum absolute atomic E-state index is 12.4. The van der Waals surface area contributed by atoms with E-state index >= 15 is 0 Å². The van der Waals surface area contributed by atoms with Crippen molar-refractivity contribution in [2.45, 2.75) is 0 Å². The SMILES string of the molecule is COC(=O)Oc1ccc2cc(-c3ccc4c(c3)OCO4)c(=O)oc2c1. The number of carbonyl (C=O) groups excluding carboxylic acids is 1. The van der Waals surface area contributed by atoms with Crippen molar-refractivity contribution in [3.8, 4) is 28.4 Å². The molecule has 1 aliphatic heterocycles. The lowest BCUT2D eigenvalue weighted by Crippen LogP contribution is -2.07. The number of benzene rings is 2. The number of hydrogen-bond donors (Lipinski definition) is 0. The normalized spacial score (nSPS) is 12.2. The predicted octanol–water partition coefficient (Wildman–Crippen LogP) is 3.33. The molecule has 0 bridgehead atoms. The van der Waals surface area contributed by atoms with E-state index in [4.69, 9.17) is 18.6 Å². The Morgan fingerprint density at radius 1 is 1.04 bits per heavy atom. The number of hydrogen-bond acceptors (Lipinski definition) is 7. The summed E-state index contributed by atoms with van der Waals surface area (Å²) in [5, 5.41) is 0.685. The predicted molar refractivity (Wildman–Crippen MR) is 87.1 cm³/mol. The van der Waals surface area contributed by atoms with E-state index in [0.29, 0.717) is 33.6 Å². The fourth-order valence-corrected chi connectivity index (χ4v) is 2.56. The lowest BCUT2D eigenvalue weighted by atomic mass is 10.1. The third-order valence-electron chi connectivity index (χ3n) is 3.76. The molecule has 2 heterocycles. The zero-order valence-corrected chi connectivity index (χ0v) is 13.1. The molecule has 25 heavy (non-hydrogen) atoms. The van der Waals surface area contributed by atoms with Crippen molar-refractivity contribution < 1.29 is 28.2 Å². The highest BCUT2D eigenvalue weighted by atomic mass is 16.7. The third kappa shape index (κ3) is 2.76. The third-order valence-corrected chi connectivity index (χ3v) is 3.76. The van der Waals surface area contributed by atoms with Gasteiger partial charge in [-0.25, -0.2) is 9.59 Å². The van der Waals surface area contributed by atoms with E-state index in [1.807, 2.05) is 0 Å². The highest BCUT2D eigenvalue weighted by Crippen LogP contribution is 2.35. The van der Waals surface area contributed by atoms with Gasteiger partial charge in [-0.2, -0.15) is 0 Å². The van der Waals surface area contributed by atoms with Crippen molar-refractivity contribution in [1.29, 1.82) is 0 Å². The van der Waals surface area contributed by atoms with Crippen molar-refractivity contribution in [2.24, 2.45) is 0 Å². The van der Waals surface area contributed by atoms with Crippen LogP contribution in [0, 0.1) is 0 Å². The second-order valence-corrected chi connectivity index (χ2v) is 5.27. The van der Waals surface area contributed by atoms with Gasteiger partial charge in [-0.05, 0) is 35.9 Å². The molecule has 1 aromatic heterocycles. The molecule has 2 aromatic carbocycles. The minimum Gasteiger partial charge on any atom is -0.454 e. The molecule has 7 heteroatoms. The monoisotopic (exact) mass is 340 g/mol. The molecule has 1 aliphatic rings. The molecule has 0 amide bonds. The molecule has 3 aromatic rings. The average Bonchev–Trinajstić information content (AvgIpc) is 3.08. The molecular weight excluding hydrogens is 328 g/mol. The van der Waals surface area contributed by atoms with Crippen LogP contribution in [0.15, 0.2) is 51.7 Å². The van der Waals surface area contributed by atoms with E-state index in [2.05, 4.69) is 4.74 Å². The summed E-state index contributed by atoms with van der Waals surface area (Å²) in [6, 6.07) is 11.7. The second-order valence-electron chi connectivity index (χ2n) is 5.27. The second kappa shape index (κ2) is 5.86. The molecule has 0 saturated carbocycles. The quantitative estimate of drug-likeness (QED) is 0.402. The van der Waals surface area contributed by atoms with Gasteiger partial charge in [0.05, 0.1) is 12.7 Å². The summed E-state index contributed by atoms with van der Waals surface area (Å²) in [5.41, 5.74) is 0.847. The first-order chi connectivity index (χ1) is 12.1. The van der Waals surface area contributed by atoms with Gasteiger partial charge in [-0.1, -0.05) is 6.07 Å². The molecule has 126 valence electrons. The van der Waals surface area contributed by atoms with Gasteiger partial charge in [-0.15, -0.1) is 0 Å². The van der Waals surface area contributed by atoms with Crippen LogP contribution in [0.4, 0.5) is 4.79 Å². The van der Waals surface area contributed by atoms with Crippen LogP contribution in [0.3, 0.4) is 0 Å². The van der Waals surface area contributed by atoms with Gasteiger partial charge in [0.25, 0.3) is 0 Å². The van der Waals surface area contributed by atoms with E-state index in [1.54, 1.807) is 36.4 Å². The molecule has 0 radical (unpaired) electrons. The van der Waals surface area contributed by atoms with Crippen molar-refractivity contribution in [3.05, 3.63) is 52.9 Å². The molecule has 0 unspecified atom stereocenters. The van der Waals surface area contributed by atoms with Crippen molar-refractivity contribution >= 4 is 17.1 Å². The summed E-state index contributed by atoms with van der Waals surface area (Å²) in [4.78, 5) is 23.5. The Morgan fingerprint density at radius 2 is 1.88 bits per heavy atom. The van der Waals surface area contributed by atoms with Crippen LogP contribution in [-0.2, 0) is 4.74 Å². The van der Waals surface area contributed by atoms with Crippen LogP contribution in [-0.4, -0.2) is 20.1 Å². The van der Waals surface area contributed by atoms with Crippen molar-refractivity contribution in [3.63, 3.8) is 0 Å². The van der Waals surface area contributed by atoms with E-state index < -0.39 is 11.8 Å². The summed E-state index contributed by atoms with van der Waals surface area (Å²) >= 11 is 0. The van der Waals surface area contributed by atoms with E-state index in [1.165, 1.54) is 13.2 Å². The largest absolute Gasteiger partial charge is 0.513 e. The lowest BCUT2D eigenvalue weighted by molar-refractivity contribution is 0.121. The molecular formula is C18H12O7. The number of methoxy groups -OCH3 is 1. The lowest BCUT2D eigenvalue weighted by Gasteiger charge is -2.06. The maximum Gasteiger partial charge on any atom is 0.513 e. The Kier molecular flexibility index (Phi) is 3.53. The topological polar surface area (TPSA) is 84.2 Å². The van der Waals surface area contributed by atoms with Gasteiger partial charge in [0, 0.05) is 11.5 Å². The molecule has 0 spiro atoms. The molecule has 0 fully saturated rings. The fourth-order valence-electron chi connectivity index (χ4n) is 2.56. The highest BCUT2D eigenvalue weighted by Gasteiger charge is 2.16. The first-order valence-electron chi connectivity index (χ1n) is 7.38. The van der Waals surface area contributed by atoms with E-state index in [-0.39, 0.29) is 12.5 Å². The summed E-state index contributed by atoms with van der Waals surface area (Å²) in [6.45, 7) is 0.161. The molecule has 0 saturated heterocycles. The summed E-state index contributed by atoms with van der Waals surface area (Å²) in [5.74, 6) is 1.44. The summed E-state index contributed by atoms with van der Waals surface area (Å²) in [7, 11) is 1.21. The van der Waals surface area contributed by atoms with Crippen LogP contribution in [0.5, 0.6) is 17.2 Å². The van der Waals surface area contributed by atoms with Crippen LogP contribution < -0.4 is 19.8 Å². The van der Waals surface area contributed by atoms with Crippen LogP contribution in [0.25, 0.3) is 22.1 Å². The molecule has 0 aliphatic carbocycles. The van der Waals surface area contributed by atoms with E-state index in [0.717, 1.165) is 0 Å². The number of rotatable bonds is 2. The number of carbonyl (C=O) groups is 1. The Labute approximate surface area is 141 Å². The Hall–Kier alpha value is -3.48. The van der Waals surface area contributed by atoms with Crippen molar-refractivity contribution in [2.75, 3.05) is 13.9 Å². The van der Waals surface area contributed by atoms with Gasteiger partial charge in [0.15, 0.2) is 11.5 Å². The van der Waals surface area contributed by atoms with Gasteiger partial charge < -0.3 is 23.4 Å². The minimum atomic E-state index is -0.848. The first-order valence-corrected chi connectivity index (χ1v) is 7.38. The fraction of sp³-hybridized carbons (Fsp3) is 0.111. The standard InChI is InChI=1S/C18H12O7/c1-21-18(20)24-12-4-2-11-6-13(17(19)25-15(11)8-12)10-3-5-14-16(7-10)23-9-22-14/h2-8H,9H2,1H3. The molecule has 0 atom stereocenters. The van der Waals surface area contributed by atoms with Crippen molar-refractivity contribution in [1.82, 2.24) is 0 Å². The Morgan fingerprint density at radius 3 is 2.72 bits per heavy atom. The highest BCUT2D eigenvalue weighted by molar-refractivity contribution is 5.83. The van der Waals surface area contributed by atoms with Crippen LogP contribution >= 0.6 is 0 Å². The Balaban J connectivity index is 1.76. The van der Waals surface area contributed by atoms with Crippen LogP contribution in [0.2, 0.25) is 0 Å². The Bertz CT molecular complexity index is 1040. The van der Waals surface area contributed by atoms with Gasteiger partial charge >= 0.3 is 11.8 Å². The van der Waals surface area contributed by atoms with Gasteiger partial charge in [0.1, 0.15) is 11.3 Å².